The van der Waals surface area contributed by atoms with E-state index in [1.807, 2.05) is 84.9 Å². The van der Waals surface area contributed by atoms with Crippen LogP contribution in [0.3, 0.4) is 0 Å². The van der Waals surface area contributed by atoms with Crippen molar-refractivity contribution in [2.75, 3.05) is 0 Å². The molecule has 4 aliphatic rings. The van der Waals surface area contributed by atoms with Crippen molar-refractivity contribution in [2.45, 2.75) is 25.7 Å². The summed E-state index contributed by atoms with van der Waals surface area (Å²) in [6, 6.07) is 142. The molecule has 0 saturated heterocycles. The number of rotatable bonds is 6. The summed E-state index contributed by atoms with van der Waals surface area (Å²) in [6.07, 6.45) is 0. The molecule has 18 aromatic carbocycles. The van der Waals surface area contributed by atoms with Crippen LogP contribution in [0, 0.1) is 0 Å². The molecular formula is C118H74N6O4. The SMILES string of the molecule is C.C.c1ccc2c(c1)-c1ccccc1C1(c3ccccc3-2)c2ccccc2-c2c(-c3nc(-c4ccc5c(c4)oc4ccccc45)nc(-c4ccc5c(c4)oc4ccccc45)n3)cccc21.c1ccc2c(c1)-c1ccccc1C1(c3ccccc3-2)c2ccccc2-c2c(-c3nc(-c4ccc5c(c4)oc4ccccc45)nc(-c4ccc5oc6ccccc6c5c4)n3)cccc21. The molecule has 600 valence electrons. The summed E-state index contributed by atoms with van der Waals surface area (Å²) >= 11 is 0. The number of furan rings is 4. The average molecular weight is 1640 g/mol. The van der Waals surface area contributed by atoms with Crippen molar-refractivity contribution < 1.29 is 17.7 Å². The number of hydrogen-bond donors (Lipinski definition) is 0. The fourth-order valence-electron chi connectivity index (χ4n) is 21.5. The van der Waals surface area contributed by atoms with E-state index < -0.39 is 10.8 Å². The van der Waals surface area contributed by atoms with E-state index in [1.165, 1.54) is 89.0 Å². The van der Waals surface area contributed by atoms with Crippen molar-refractivity contribution in [3.8, 4) is 135 Å². The molecule has 10 nitrogen and oxygen atoms in total. The lowest BCUT2D eigenvalue weighted by molar-refractivity contribution is 0.668. The molecule has 0 saturated carbocycles. The maximum Gasteiger partial charge on any atom is 0.164 e. The molecule has 10 heteroatoms. The predicted molar refractivity (Wildman–Crippen MR) is 518 cm³/mol. The van der Waals surface area contributed by atoms with Gasteiger partial charge in [0.25, 0.3) is 0 Å². The Kier molecular flexibility index (Phi) is 16.4. The number of aromatic nitrogens is 6. The summed E-state index contributed by atoms with van der Waals surface area (Å²) in [6.45, 7) is 0. The zero-order valence-corrected chi connectivity index (χ0v) is 67.4. The standard InChI is InChI=1S/2C58H33N3O2.2CH4/c1-2-15-37-36(14-1)38-16-3-8-22-46(38)58(47-23-9-4-17-39(37)47)48-24-10-5-20-43(48)54-44(21-13-25-49(54)58)57-60-55(34-29-31-52-45(32-34)41-19-7-12-27-51(41)62-52)59-56(61-57)35-28-30-42-40-18-6-11-26-50(40)63-53(42)33-35;1-2-15-37-36(14-1)38-16-3-8-22-46(38)58(47-23-9-4-17-39(37)47)48-24-10-5-20-44(48)54-45(21-13-25-49(54)58)57-60-55(34-28-30-42-40-18-6-11-26-50(40)62-52(42)32-34)59-56(61-57)35-29-31-43-41-19-7-12-27-51(41)63-53(43)33-35;;/h2*1-33H;2*1H4. The molecule has 24 aromatic rings. The van der Waals surface area contributed by atoms with E-state index >= 15 is 0 Å². The molecule has 28 rings (SSSR count). The highest BCUT2D eigenvalue weighted by molar-refractivity contribution is 6.11. The van der Waals surface area contributed by atoms with E-state index in [-0.39, 0.29) is 14.9 Å². The summed E-state index contributed by atoms with van der Waals surface area (Å²) in [5, 5.41) is 8.44. The molecule has 4 aliphatic carbocycles. The lowest BCUT2D eigenvalue weighted by atomic mass is 9.66. The first-order valence-corrected chi connectivity index (χ1v) is 42.7. The quantitative estimate of drug-likeness (QED) is 0.159. The molecule has 0 amide bonds. The molecule has 0 radical (unpaired) electrons. The fourth-order valence-corrected chi connectivity index (χ4v) is 21.5. The number of fused-ring (bicyclic) bond motifs is 36. The monoisotopic (exact) mass is 1640 g/mol. The van der Waals surface area contributed by atoms with E-state index in [0.717, 1.165) is 143 Å². The maximum absolute atomic E-state index is 6.40. The number of nitrogens with zero attached hydrogens (tertiary/aromatic N) is 6. The molecule has 6 heterocycles. The molecule has 0 aliphatic heterocycles. The minimum atomic E-state index is -0.633. The molecule has 0 unspecified atom stereocenters. The smallest absolute Gasteiger partial charge is 0.164 e. The predicted octanol–water partition coefficient (Wildman–Crippen LogP) is 30.6. The Morgan fingerprint density at radius 3 is 0.703 bits per heavy atom. The first-order valence-electron chi connectivity index (χ1n) is 42.7. The van der Waals surface area contributed by atoms with E-state index in [4.69, 9.17) is 47.6 Å². The van der Waals surface area contributed by atoms with Gasteiger partial charge in [-0.25, -0.2) is 29.9 Å². The zero-order valence-electron chi connectivity index (χ0n) is 67.4. The maximum atomic E-state index is 6.40. The Balaban J connectivity index is 0.000000137. The van der Waals surface area contributed by atoms with E-state index in [1.54, 1.807) is 0 Å². The molecular weight excluding hydrogens is 1570 g/mol. The molecule has 2 spiro atoms. The van der Waals surface area contributed by atoms with Gasteiger partial charge in [-0.1, -0.05) is 336 Å². The van der Waals surface area contributed by atoms with Crippen LogP contribution in [-0.4, -0.2) is 29.9 Å². The minimum Gasteiger partial charge on any atom is -0.456 e. The van der Waals surface area contributed by atoms with Crippen LogP contribution in [0.2, 0.25) is 0 Å². The van der Waals surface area contributed by atoms with Crippen LogP contribution in [0.15, 0.2) is 418 Å². The second-order valence-electron chi connectivity index (χ2n) is 33.2. The summed E-state index contributed by atoms with van der Waals surface area (Å²) in [7, 11) is 0. The molecule has 0 atom stereocenters. The summed E-state index contributed by atoms with van der Waals surface area (Å²) in [5.74, 6) is 3.44. The van der Waals surface area contributed by atoms with Crippen LogP contribution in [0.4, 0.5) is 0 Å². The van der Waals surface area contributed by atoms with E-state index in [9.17, 15) is 0 Å². The van der Waals surface area contributed by atoms with Gasteiger partial charge in [0, 0.05) is 76.5 Å². The van der Waals surface area contributed by atoms with Gasteiger partial charge in [0.1, 0.15) is 44.7 Å². The highest BCUT2D eigenvalue weighted by Crippen LogP contribution is 2.65. The highest BCUT2D eigenvalue weighted by atomic mass is 16.3. The molecule has 0 bridgehead atoms. The zero-order chi connectivity index (χ0) is 82.5. The lowest BCUT2D eigenvalue weighted by Gasteiger charge is -2.35. The second kappa shape index (κ2) is 28.4. The topological polar surface area (TPSA) is 130 Å². The van der Waals surface area contributed by atoms with Gasteiger partial charge in [0.2, 0.25) is 0 Å². The van der Waals surface area contributed by atoms with Gasteiger partial charge >= 0.3 is 0 Å². The normalized spacial score (nSPS) is 13.0. The molecule has 128 heavy (non-hydrogen) atoms. The molecule has 0 N–H and O–H groups in total. The Morgan fingerprint density at radius 2 is 0.367 bits per heavy atom. The van der Waals surface area contributed by atoms with Gasteiger partial charge in [0.15, 0.2) is 34.9 Å². The van der Waals surface area contributed by atoms with Crippen molar-refractivity contribution in [2.24, 2.45) is 0 Å². The van der Waals surface area contributed by atoms with Crippen molar-refractivity contribution in [1.29, 1.82) is 0 Å². The van der Waals surface area contributed by atoms with Crippen LogP contribution in [0.25, 0.3) is 223 Å². The van der Waals surface area contributed by atoms with Crippen LogP contribution >= 0.6 is 0 Å². The van der Waals surface area contributed by atoms with E-state index in [2.05, 4.69) is 315 Å². The third kappa shape index (κ3) is 10.6. The Labute approximate surface area is 736 Å². The fraction of sp³-hybridized carbons (Fsp3) is 0.0339. The van der Waals surface area contributed by atoms with Crippen LogP contribution in [-0.2, 0) is 10.8 Å². The highest BCUT2D eigenvalue weighted by Gasteiger charge is 2.53. The number of hydrogen-bond acceptors (Lipinski definition) is 10. The van der Waals surface area contributed by atoms with Crippen LogP contribution in [0.1, 0.15) is 59.4 Å². The Hall–Kier alpha value is -16.8. The summed E-state index contributed by atoms with van der Waals surface area (Å²) < 4.78 is 25.4. The third-order valence-corrected chi connectivity index (χ3v) is 26.8. The van der Waals surface area contributed by atoms with Crippen molar-refractivity contribution in [1.82, 2.24) is 29.9 Å². The van der Waals surface area contributed by atoms with Gasteiger partial charge in [-0.2, -0.15) is 0 Å². The van der Waals surface area contributed by atoms with Crippen molar-refractivity contribution >= 4 is 87.8 Å². The first kappa shape index (κ1) is 73.9. The minimum absolute atomic E-state index is 0. The molecule has 0 fully saturated rings. The van der Waals surface area contributed by atoms with E-state index in [0.29, 0.717) is 34.9 Å². The number of para-hydroxylation sites is 4. The molecule has 6 aromatic heterocycles. The Bertz CT molecular complexity index is 8530. The van der Waals surface area contributed by atoms with Crippen LogP contribution < -0.4 is 0 Å². The van der Waals surface area contributed by atoms with Crippen molar-refractivity contribution in [3.63, 3.8) is 0 Å². The Morgan fingerprint density at radius 1 is 0.148 bits per heavy atom. The van der Waals surface area contributed by atoms with Gasteiger partial charge in [-0.05, 0) is 190 Å². The number of benzene rings is 18. The lowest BCUT2D eigenvalue weighted by Crippen LogP contribution is -2.29. The first-order chi connectivity index (χ1) is 62.4. The summed E-state index contributed by atoms with van der Waals surface area (Å²) in [5.41, 5.74) is 34.8. The second-order valence-corrected chi connectivity index (χ2v) is 33.2. The van der Waals surface area contributed by atoms with Crippen molar-refractivity contribution in [3.05, 3.63) is 445 Å². The van der Waals surface area contributed by atoms with Crippen LogP contribution in [0.5, 0.6) is 0 Å². The third-order valence-electron chi connectivity index (χ3n) is 26.8. The largest absolute Gasteiger partial charge is 0.456 e. The van der Waals surface area contributed by atoms with Gasteiger partial charge in [0.05, 0.1) is 10.8 Å². The van der Waals surface area contributed by atoms with Gasteiger partial charge in [-0.3, -0.25) is 0 Å². The summed E-state index contributed by atoms with van der Waals surface area (Å²) in [4.78, 5) is 32.1. The van der Waals surface area contributed by atoms with Gasteiger partial charge < -0.3 is 17.7 Å². The average Bonchev–Trinajstić information content (AvgIpc) is 1.52. The van der Waals surface area contributed by atoms with Gasteiger partial charge in [-0.15, -0.1) is 0 Å².